The van der Waals surface area contributed by atoms with Crippen molar-refractivity contribution in [2.75, 3.05) is 13.1 Å². The quantitative estimate of drug-likeness (QED) is 0.834. The van der Waals surface area contributed by atoms with Gasteiger partial charge in [-0.05, 0) is 51.3 Å². The Kier molecular flexibility index (Phi) is 6.20. The fourth-order valence-corrected chi connectivity index (χ4v) is 5.03. The van der Waals surface area contributed by atoms with Crippen molar-refractivity contribution in [2.45, 2.75) is 44.6 Å². The average molecular weight is 401 g/mol. The summed E-state index contributed by atoms with van der Waals surface area (Å²) in [7, 11) is -3.58. The van der Waals surface area contributed by atoms with Gasteiger partial charge in [0.2, 0.25) is 15.9 Å². The van der Waals surface area contributed by atoms with E-state index in [-0.39, 0.29) is 29.3 Å². The lowest BCUT2D eigenvalue weighted by Crippen LogP contribution is -2.45. The number of carbonyl (C=O) groups is 1. The van der Waals surface area contributed by atoms with E-state index in [0.717, 1.165) is 11.1 Å². The van der Waals surface area contributed by atoms with Crippen LogP contribution >= 0.6 is 0 Å². The number of hydrogen-bond donors (Lipinski definition) is 1. The van der Waals surface area contributed by atoms with E-state index in [1.54, 1.807) is 24.3 Å². The lowest BCUT2D eigenvalue weighted by molar-refractivity contribution is -0.126. The van der Waals surface area contributed by atoms with Crippen LogP contribution < -0.4 is 5.32 Å². The number of carbonyl (C=O) groups excluding carboxylic acids is 1. The third-order valence-corrected chi connectivity index (χ3v) is 7.23. The summed E-state index contributed by atoms with van der Waals surface area (Å²) in [4.78, 5) is 13.1. The first-order valence-electron chi connectivity index (χ1n) is 9.71. The van der Waals surface area contributed by atoms with Crippen molar-refractivity contribution in [1.82, 2.24) is 9.62 Å². The maximum atomic E-state index is 12.9. The summed E-state index contributed by atoms with van der Waals surface area (Å²) >= 11 is 0. The zero-order valence-corrected chi connectivity index (χ0v) is 17.5. The first kappa shape index (κ1) is 20.6. The summed E-state index contributed by atoms with van der Waals surface area (Å²) in [5.41, 5.74) is 3.23. The predicted molar refractivity (Wildman–Crippen MR) is 110 cm³/mol. The van der Waals surface area contributed by atoms with Crippen LogP contribution in [0.25, 0.3) is 0 Å². The van der Waals surface area contributed by atoms with Crippen LogP contribution in [-0.4, -0.2) is 31.7 Å². The van der Waals surface area contributed by atoms with Crippen molar-refractivity contribution in [3.63, 3.8) is 0 Å². The van der Waals surface area contributed by atoms with Gasteiger partial charge in [-0.3, -0.25) is 4.79 Å². The Morgan fingerprint density at radius 2 is 1.61 bits per heavy atom. The highest BCUT2D eigenvalue weighted by Gasteiger charge is 2.33. The van der Waals surface area contributed by atoms with E-state index < -0.39 is 10.0 Å². The van der Waals surface area contributed by atoms with Gasteiger partial charge in [-0.25, -0.2) is 8.42 Å². The minimum atomic E-state index is -3.58. The van der Waals surface area contributed by atoms with Crippen LogP contribution in [0.5, 0.6) is 0 Å². The van der Waals surface area contributed by atoms with Crippen molar-refractivity contribution >= 4 is 15.9 Å². The van der Waals surface area contributed by atoms with Crippen LogP contribution in [0.2, 0.25) is 0 Å². The molecule has 0 spiro atoms. The van der Waals surface area contributed by atoms with Gasteiger partial charge in [-0.15, -0.1) is 0 Å². The topological polar surface area (TPSA) is 66.5 Å². The van der Waals surface area contributed by atoms with Crippen molar-refractivity contribution in [3.8, 4) is 0 Å². The van der Waals surface area contributed by atoms with Crippen LogP contribution in [0.4, 0.5) is 0 Å². The summed E-state index contributed by atoms with van der Waals surface area (Å²) in [6.45, 7) is 6.58. The molecule has 0 saturated carbocycles. The zero-order chi connectivity index (χ0) is 20.3. The predicted octanol–water partition coefficient (Wildman–Crippen LogP) is 3.58. The highest BCUT2D eigenvalue weighted by atomic mass is 32.2. The fraction of sp³-hybridized carbons (Fsp3) is 0.409. The molecule has 1 aliphatic heterocycles. The minimum Gasteiger partial charge on any atom is -0.349 e. The summed E-state index contributed by atoms with van der Waals surface area (Å²) in [6, 6.07) is 14.8. The van der Waals surface area contributed by atoms with Gasteiger partial charge < -0.3 is 5.32 Å². The zero-order valence-electron chi connectivity index (χ0n) is 16.7. The van der Waals surface area contributed by atoms with E-state index in [9.17, 15) is 13.2 Å². The maximum Gasteiger partial charge on any atom is 0.243 e. The highest BCUT2D eigenvalue weighted by molar-refractivity contribution is 7.89. The first-order valence-corrected chi connectivity index (χ1v) is 11.1. The molecule has 1 aliphatic rings. The number of sulfonamides is 1. The van der Waals surface area contributed by atoms with Crippen LogP contribution in [0, 0.1) is 19.8 Å². The number of aryl methyl sites for hydroxylation is 2. The van der Waals surface area contributed by atoms with Crippen LogP contribution in [0.3, 0.4) is 0 Å². The second-order valence-electron chi connectivity index (χ2n) is 7.66. The summed E-state index contributed by atoms with van der Waals surface area (Å²) in [5.74, 6) is -0.418. The molecule has 6 heteroatoms. The average Bonchev–Trinajstić information content (AvgIpc) is 2.69. The van der Waals surface area contributed by atoms with Gasteiger partial charge in [-0.2, -0.15) is 4.31 Å². The molecule has 5 nitrogen and oxygen atoms in total. The number of hydrogen-bond acceptors (Lipinski definition) is 3. The molecular weight excluding hydrogens is 372 g/mol. The Labute approximate surface area is 167 Å². The molecule has 1 saturated heterocycles. The van der Waals surface area contributed by atoms with E-state index in [2.05, 4.69) is 5.32 Å². The Morgan fingerprint density at radius 3 is 2.21 bits per heavy atom. The van der Waals surface area contributed by atoms with Gasteiger partial charge in [0.15, 0.2) is 0 Å². The Morgan fingerprint density at radius 1 is 1.04 bits per heavy atom. The van der Waals surface area contributed by atoms with Gasteiger partial charge in [0, 0.05) is 13.1 Å². The molecule has 0 bridgehead atoms. The number of amides is 1. The molecule has 2 atom stereocenters. The van der Waals surface area contributed by atoms with E-state index in [0.29, 0.717) is 19.4 Å². The molecule has 0 aromatic heterocycles. The smallest absolute Gasteiger partial charge is 0.243 e. The van der Waals surface area contributed by atoms with Gasteiger partial charge in [-0.1, -0.05) is 47.5 Å². The van der Waals surface area contributed by atoms with Gasteiger partial charge in [0.05, 0.1) is 16.9 Å². The molecule has 1 N–H and O–H groups in total. The molecular formula is C22H28N2O3S. The molecule has 0 unspecified atom stereocenters. The summed E-state index contributed by atoms with van der Waals surface area (Å²) < 4.78 is 27.3. The second-order valence-corrected chi connectivity index (χ2v) is 9.59. The van der Waals surface area contributed by atoms with Gasteiger partial charge in [0.25, 0.3) is 0 Å². The molecule has 2 aromatic rings. The summed E-state index contributed by atoms with van der Waals surface area (Å²) in [6.07, 6.45) is 1.38. The Balaban J connectivity index is 1.67. The molecule has 1 fully saturated rings. The van der Waals surface area contributed by atoms with Crippen molar-refractivity contribution in [2.24, 2.45) is 5.92 Å². The van der Waals surface area contributed by atoms with Gasteiger partial charge in [0.1, 0.15) is 0 Å². The normalized spacial score (nSPS) is 19.2. The van der Waals surface area contributed by atoms with Crippen LogP contribution in [0.1, 0.15) is 42.5 Å². The fourth-order valence-electron chi connectivity index (χ4n) is 3.50. The van der Waals surface area contributed by atoms with E-state index >= 15 is 0 Å². The molecule has 1 amide bonds. The lowest BCUT2D eigenvalue weighted by Gasteiger charge is -2.32. The maximum absolute atomic E-state index is 12.9. The third kappa shape index (κ3) is 4.62. The molecule has 2 aromatic carbocycles. The first-order chi connectivity index (χ1) is 13.3. The third-order valence-electron chi connectivity index (χ3n) is 5.35. The van der Waals surface area contributed by atoms with Gasteiger partial charge >= 0.3 is 0 Å². The SMILES string of the molecule is Cc1ccc([C@@H](C)NC(=O)[C@@H]2CCCN(S(=O)(=O)c3ccc(C)cc3)C2)cc1. The van der Waals surface area contributed by atoms with Crippen LogP contribution in [0.15, 0.2) is 53.4 Å². The van der Waals surface area contributed by atoms with Crippen molar-refractivity contribution < 1.29 is 13.2 Å². The minimum absolute atomic E-state index is 0.0862. The highest BCUT2D eigenvalue weighted by Crippen LogP contribution is 2.25. The van der Waals surface area contributed by atoms with E-state index in [1.165, 1.54) is 9.87 Å². The number of rotatable bonds is 5. The van der Waals surface area contributed by atoms with Crippen LogP contribution in [-0.2, 0) is 14.8 Å². The van der Waals surface area contributed by atoms with E-state index in [4.69, 9.17) is 0 Å². The Hall–Kier alpha value is -2.18. The van der Waals surface area contributed by atoms with E-state index in [1.807, 2.05) is 45.0 Å². The Bertz CT molecular complexity index is 921. The van der Waals surface area contributed by atoms with Crippen molar-refractivity contribution in [1.29, 1.82) is 0 Å². The number of piperidine rings is 1. The lowest BCUT2D eigenvalue weighted by atomic mass is 9.97. The molecule has 0 aliphatic carbocycles. The number of nitrogens with zero attached hydrogens (tertiary/aromatic N) is 1. The molecule has 150 valence electrons. The largest absolute Gasteiger partial charge is 0.349 e. The molecule has 3 rings (SSSR count). The molecule has 1 heterocycles. The van der Waals surface area contributed by atoms with Crippen molar-refractivity contribution in [3.05, 3.63) is 65.2 Å². The number of benzene rings is 2. The molecule has 28 heavy (non-hydrogen) atoms. The molecule has 0 radical (unpaired) electrons. The number of nitrogens with one attached hydrogen (secondary N) is 1. The standard InChI is InChI=1S/C22H28N2O3S/c1-16-6-10-19(11-7-16)18(3)23-22(25)20-5-4-14-24(15-20)28(26,27)21-12-8-17(2)9-13-21/h6-13,18,20H,4-5,14-15H2,1-3H3,(H,23,25)/t18-,20-/m1/s1. The summed E-state index contributed by atoms with van der Waals surface area (Å²) in [5, 5.41) is 3.04. The monoisotopic (exact) mass is 400 g/mol. The second kappa shape index (κ2) is 8.45.